The van der Waals surface area contributed by atoms with Crippen LogP contribution in [0.25, 0.3) is 0 Å². The molecule has 6 nitrogen and oxygen atoms in total. The topological polar surface area (TPSA) is 64.7 Å². The molecular formula is C24H30N4O2. The number of aryl methyl sites for hydroxylation is 1. The zero-order valence-electron chi connectivity index (χ0n) is 17.6. The Morgan fingerprint density at radius 3 is 2.17 bits per heavy atom. The number of anilines is 3. The van der Waals surface area contributed by atoms with Gasteiger partial charge in [-0.15, -0.1) is 0 Å². The molecule has 0 aromatic heterocycles. The predicted octanol–water partition coefficient (Wildman–Crippen LogP) is 4.87. The normalized spacial score (nSPS) is 16.4. The molecule has 0 saturated carbocycles. The van der Waals surface area contributed by atoms with Crippen molar-refractivity contribution in [1.82, 2.24) is 4.90 Å². The maximum absolute atomic E-state index is 13.3. The molecule has 0 unspecified atom stereocenters. The van der Waals surface area contributed by atoms with Gasteiger partial charge in [0.2, 0.25) is 0 Å². The highest BCUT2D eigenvalue weighted by atomic mass is 16.2. The van der Waals surface area contributed by atoms with Gasteiger partial charge in [-0.25, -0.2) is 4.79 Å². The van der Waals surface area contributed by atoms with E-state index < -0.39 is 0 Å². The lowest BCUT2D eigenvalue weighted by molar-refractivity contribution is 0.0725. The molecule has 0 radical (unpaired) electrons. The third kappa shape index (κ3) is 4.75. The molecule has 3 amide bonds. The number of urea groups is 1. The van der Waals surface area contributed by atoms with E-state index in [1.54, 1.807) is 0 Å². The Kier molecular flexibility index (Phi) is 6.21. The van der Waals surface area contributed by atoms with E-state index in [2.05, 4.69) is 15.5 Å². The summed E-state index contributed by atoms with van der Waals surface area (Å²) >= 11 is 0. The minimum absolute atomic E-state index is 0.0688. The number of hydrogen-bond donors (Lipinski definition) is 2. The van der Waals surface area contributed by atoms with Crippen molar-refractivity contribution in [3.63, 3.8) is 0 Å². The summed E-state index contributed by atoms with van der Waals surface area (Å²) in [6.07, 6.45) is 5.60. The van der Waals surface area contributed by atoms with Crippen LogP contribution >= 0.6 is 0 Å². The number of nitrogens with one attached hydrogen (secondary N) is 2. The Morgan fingerprint density at radius 2 is 1.47 bits per heavy atom. The van der Waals surface area contributed by atoms with Crippen LogP contribution in [0.3, 0.4) is 0 Å². The van der Waals surface area contributed by atoms with Crippen LogP contribution in [0.2, 0.25) is 0 Å². The minimum Gasteiger partial charge on any atom is -0.371 e. The second-order valence-corrected chi connectivity index (χ2v) is 8.23. The highest BCUT2D eigenvalue weighted by Gasteiger charge is 2.25. The van der Waals surface area contributed by atoms with Gasteiger partial charge in [0.15, 0.2) is 0 Å². The highest BCUT2D eigenvalue weighted by molar-refractivity contribution is 6.04. The van der Waals surface area contributed by atoms with E-state index in [1.807, 2.05) is 54.3 Å². The summed E-state index contributed by atoms with van der Waals surface area (Å²) in [5, 5.41) is 5.74. The van der Waals surface area contributed by atoms with Gasteiger partial charge in [-0.3, -0.25) is 4.79 Å². The van der Waals surface area contributed by atoms with E-state index in [-0.39, 0.29) is 11.9 Å². The Balaban J connectivity index is 1.54. The monoisotopic (exact) mass is 406 g/mol. The predicted molar refractivity (Wildman–Crippen MR) is 121 cm³/mol. The zero-order chi connectivity index (χ0) is 20.9. The maximum Gasteiger partial charge on any atom is 0.323 e. The van der Waals surface area contributed by atoms with E-state index in [1.165, 1.54) is 6.42 Å². The Morgan fingerprint density at radius 1 is 0.800 bits per heavy atom. The zero-order valence-corrected chi connectivity index (χ0v) is 17.6. The molecule has 0 bridgehead atoms. The third-order valence-corrected chi connectivity index (χ3v) is 5.85. The quantitative estimate of drug-likeness (QED) is 0.762. The van der Waals surface area contributed by atoms with Crippen molar-refractivity contribution in [2.75, 3.05) is 41.7 Å². The molecule has 2 heterocycles. The van der Waals surface area contributed by atoms with E-state index in [9.17, 15) is 9.59 Å². The molecule has 2 fully saturated rings. The molecule has 2 aliphatic rings. The average molecular weight is 407 g/mol. The Bertz CT molecular complexity index is 915. The van der Waals surface area contributed by atoms with E-state index >= 15 is 0 Å². The van der Waals surface area contributed by atoms with E-state index in [4.69, 9.17) is 0 Å². The molecule has 6 heteroatoms. The van der Waals surface area contributed by atoms with E-state index in [0.717, 1.165) is 68.8 Å². The fourth-order valence-electron chi connectivity index (χ4n) is 4.30. The summed E-state index contributed by atoms with van der Waals surface area (Å²) in [5.41, 5.74) is 4.12. The SMILES string of the molecule is Cc1cccc(NC(=O)Nc2ccc(N3CCCC3)c(C(=O)N3CCCCC3)c2)c1. The van der Waals surface area contributed by atoms with Gasteiger partial charge in [0.1, 0.15) is 0 Å². The van der Waals surface area contributed by atoms with Crippen molar-refractivity contribution >= 4 is 29.0 Å². The number of carbonyl (C=O) groups is 2. The van der Waals surface area contributed by atoms with Crippen LogP contribution in [-0.2, 0) is 0 Å². The molecule has 2 aromatic rings. The lowest BCUT2D eigenvalue weighted by Crippen LogP contribution is -2.36. The van der Waals surface area contributed by atoms with Crippen molar-refractivity contribution in [3.05, 3.63) is 53.6 Å². The second kappa shape index (κ2) is 9.20. The number of carbonyl (C=O) groups excluding carboxylic acids is 2. The van der Waals surface area contributed by atoms with Crippen molar-refractivity contribution in [3.8, 4) is 0 Å². The van der Waals surface area contributed by atoms with Crippen molar-refractivity contribution in [2.24, 2.45) is 0 Å². The van der Waals surface area contributed by atoms with Crippen LogP contribution in [0.15, 0.2) is 42.5 Å². The summed E-state index contributed by atoms with van der Waals surface area (Å²) in [5.74, 6) is 0.0688. The minimum atomic E-state index is -0.314. The van der Waals surface area contributed by atoms with Crippen molar-refractivity contribution < 1.29 is 9.59 Å². The molecule has 2 aromatic carbocycles. The third-order valence-electron chi connectivity index (χ3n) is 5.85. The first-order valence-electron chi connectivity index (χ1n) is 10.9. The van der Waals surface area contributed by atoms with E-state index in [0.29, 0.717) is 11.3 Å². The molecular weight excluding hydrogens is 376 g/mol. The van der Waals surface area contributed by atoms with Gasteiger partial charge >= 0.3 is 6.03 Å². The fourth-order valence-corrected chi connectivity index (χ4v) is 4.30. The van der Waals surface area contributed by atoms with Gasteiger partial charge in [-0.05, 0) is 74.9 Å². The molecule has 0 spiro atoms. The van der Waals surface area contributed by atoms with Crippen LogP contribution in [-0.4, -0.2) is 43.0 Å². The number of nitrogens with zero attached hydrogens (tertiary/aromatic N) is 2. The standard InChI is InChI=1S/C24H30N4O2/c1-18-8-7-9-19(16-18)25-24(30)26-20-10-11-22(27-12-5-6-13-27)21(17-20)23(29)28-14-3-2-4-15-28/h7-11,16-17H,2-6,12-15H2,1H3,(H2,25,26,30). The average Bonchev–Trinajstić information content (AvgIpc) is 3.28. The van der Waals surface area contributed by atoms with Crippen LogP contribution in [0.4, 0.5) is 21.9 Å². The first kappa shape index (κ1) is 20.3. The molecule has 2 N–H and O–H groups in total. The van der Waals surface area contributed by atoms with Gasteiger partial charge < -0.3 is 20.4 Å². The fraction of sp³-hybridized carbons (Fsp3) is 0.417. The number of amides is 3. The number of benzene rings is 2. The molecule has 2 saturated heterocycles. The van der Waals surface area contributed by atoms with Crippen LogP contribution in [0, 0.1) is 6.92 Å². The molecule has 2 aliphatic heterocycles. The maximum atomic E-state index is 13.3. The summed E-state index contributed by atoms with van der Waals surface area (Å²) < 4.78 is 0. The summed E-state index contributed by atoms with van der Waals surface area (Å²) in [6, 6.07) is 13.0. The number of likely N-dealkylation sites (tertiary alicyclic amines) is 1. The summed E-state index contributed by atoms with van der Waals surface area (Å²) in [4.78, 5) is 30.0. The molecule has 0 atom stereocenters. The summed E-state index contributed by atoms with van der Waals surface area (Å²) in [7, 11) is 0. The largest absolute Gasteiger partial charge is 0.371 e. The van der Waals surface area contributed by atoms with Gasteiger partial charge in [-0.2, -0.15) is 0 Å². The van der Waals surface area contributed by atoms with Gasteiger partial charge in [0, 0.05) is 43.2 Å². The molecule has 158 valence electrons. The number of piperidine rings is 1. The van der Waals surface area contributed by atoms with Crippen LogP contribution < -0.4 is 15.5 Å². The smallest absolute Gasteiger partial charge is 0.323 e. The highest BCUT2D eigenvalue weighted by Crippen LogP contribution is 2.29. The van der Waals surface area contributed by atoms with Crippen molar-refractivity contribution in [1.29, 1.82) is 0 Å². The molecule has 30 heavy (non-hydrogen) atoms. The van der Waals surface area contributed by atoms with Crippen LogP contribution in [0.1, 0.15) is 48.0 Å². The lowest BCUT2D eigenvalue weighted by atomic mass is 10.1. The molecule has 4 rings (SSSR count). The Hall–Kier alpha value is -3.02. The lowest BCUT2D eigenvalue weighted by Gasteiger charge is -2.29. The van der Waals surface area contributed by atoms with Gasteiger partial charge in [0.05, 0.1) is 5.56 Å². The first-order valence-corrected chi connectivity index (χ1v) is 10.9. The first-order chi connectivity index (χ1) is 14.6. The van der Waals surface area contributed by atoms with Crippen molar-refractivity contribution in [2.45, 2.75) is 39.0 Å². The van der Waals surface area contributed by atoms with Gasteiger partial charge in [0.25, 0.3) is 5.91 Å². The summed E-state index contributed by atoms with van der Waals surface area (Å²) in [6.45, 7) is 5.55. The second-order valence-electron chi connectivity index (χ2n) is 8.23. The molecule has 0 aliphatic carbocycles. The number of rotatable bonds is 4. The van der Waals surface area contributed by atoms with Gasteiger partial charge in [-0.1, -0.05) is 12.1 Å². The number of hydrogen-bond acceptors (Lipinski definition) is 3. The Labute approximate surface area is 178 Å². The van der Waals surface area contributed by atoms with Crippen LogP contribution in [0.5, 0.6) is 0 Å².